The van der Waals surface area contributed by atoms with Crippen molar-refractivity contribution in [2.75, 3.05) is 20.3 Å². The van der Waals surface area contributed by atoms with Crippen LogP contribution in [0.2, 0.25) is 0 Å². The third-order valence-electron chi connectivity index (χ3n) is 2.46. The van der Waals surface area contributed by atoms with Crippen LogP contribution in [-0.2, 0) is 11.3 Å². The molecule has 0 aliphatic rings. The molecule has 1 aromatic heterocycles. The van der Waals surface area contributed by atoms with Gasteiger partial charge in [0.1, 0.15) is 0 Å². The third kappa shape index (κ3) is 3.88. The van der Waals surface area contributed by atoms with E-state index in [2.05, 4.69) is 15.6 Å². The molecule has 2 atom stereocenters. The molecule has 0 saturated heterocycles. The minimum atomic E-state index is -0.434. The van der Waals surface area contributed by atoms with Gasteiger partial charge in [-0.25, -0.2) is 4.68 Å². The SMILES string of the molecule is COCCNCc1cn(C(C)C(C)O)nn1. The molecule has 0 aromatic carbocycles. The molecule has 0 aliphatic heterocycles. The molecule has 0 radical (unpaired) electrons. The summed E-state index contributed by atoms with van der Waals surface area (Å²) >= 11 is 0. The molecule has 0 aliphatic carbocycles. The van der Waals surface area contributed by atoms with Gasteiger partial charge in [-0.05, 0) is 13.8 Å². The van der Waals surface area contributed by atoms with Crippen LogP contribution in [0.3, 0.4) is 0 Å². The molecule has 6 nitrogen and oxygen atoms in total. The van der Waals surface area contributed by atoms with E-state index in [-0.39, 0.29) is 6.04 Å². The average molecular weight is 228 g/mol. The lowest BCUT2D eigenvalue weighted by Gasteiger charge is -2.13. The maximum absolute atomic E-state index is 9.41. The van der Waals surface area contributed by atoms with Crippen molar-refractivity contribution in [3.05, 3.63) is 11.9 Å². The molecule has 1 aromatic rings. The summed E-state index contributed by atoms with van der Waals surface area (Å²) in [6.45, 7) is 5.77. The summed E-state index contributed by atoms with van der Waals surface area (Å²) in [5, 5.41) is 20.6. The second kappa shape index (κ2) is 6.57. The first-order chi connectivity index (χ1) is 7.65. The first-order valence-corrected chi connectivity index (χ1v) is 5.43. The highest BCUT2D eigenvalue weighted by Crippen LogP contribution is 2.08. The Morgan fingerprint density at radius 1 is 1.56 bits per heavy atom. The van der Waals surface area contributed by atoms with Crippen molar-refractivity contribution in [1.82, 2.24) is 20.3 Å². The summed E-state index contributed by atoms with van der Waals surface area (Å²) < 4.78 is 6.60. The molecule has 0 bridgehead atoms. The average Bonchev–Trinajstić information content (AvgIpc) is 2.72. The Morgan fingerprint density at radius 2 is 2.31 bits per heavy atom. The number of ether oxygens (including phenoxy) is 1. The summed E-state index contributed by atoms with van der Waals surface area (Å²) in [7, 11) is 1.67. The largest absolute Gasteiger partial charge is 0.391 e. The van der Waals surface area contributed by atoms with E-state index in [1.54, 1.807) is 18.7 Å². The second-order valence-corrected chi connectivity index (χ2v) is 3.84. The molecule has 6 heteroatoms. The number of hydrogen-bond acceptors (Lipinski definition) is 5. The van der Waals surface area contributed by atoms with E-state index in [0.29, 0.717) is 13.2 Å². The van der Waals surface area contributed by atoms with Gasteiger partial charge in [-0.15, -0.1) is 5.10 Å². The normalized spacial score (nSPS) is 15.0. The van der Waals surface area contributed by atoms with Crippen molar-refractivity contribution in [3.8, 4) is 0 Å². The van der Waals surface area contributed by atoms with E-state index in [9.17, 15) is 5.11 Å². The molecule has 2 unspecified atom stereocenters. The van der Waals surface area contributed by atoms with Crippen molar-refractivity contribution in [2.24, 2.45) is 0 Å². The number of rotatable bonds is 7. The van der Waals surface area contributed by atoms with Gasteiger partial charge in [0.2, 0.25) is 0 Å². The fourth-order valence-electron chi connectivity index (χ4n) is 1.21. The van der Waals surface area contributed by atoms with Crippen LogP contribution < -0.4 is 5.32 Å². The van der Waals surface area contributed by atoms with Gasteiger partial charge in [-0.2, -0.15) is 0 Å². The predicted molar refractivity (Wildman–Crippen MR) is 60.0 cm³/mol. The van der Waals surface area contributed by atoms with Crippen LogP contribution in [0.25, 0.3) is 0 Å². The Kier molecular flexibility index (Phi) is 5.37. The van der Waals surface area contributed by atoms with Crippen molar-refractivity contribution >= 4 is 0 Å². The van der Waals surface area contributed by atoms with Gasteiger partial charge < -0.3 is 15.2 Å². The number of aromatic nitrogens is 3. The van der Waals surface area contributed by atoms with Gasteiger partial charge in [0.15, 0.2) is 0 Å². The molecule has 92 valence electrons. The van der Waals surface area contributed by atoms with Gasteiger partial charge in [0, 0.05) is 20.2 Å². The molecule has 0 spiro atoms. The molecule has 0 amide bonds. The summed E-state index contributed by atoms with van der Waals surface area (Å²) in [6.07, 6.45) is 1.41. The molecular formula is C10H20N4O2. The highest BCUT2D eigenvalue weighted by atomic mass is 16.5. The summed E-state index contributed by atoms with van der Waals surface area (Å²) in [5.74, 6) is 0. The minimum Gasteiger partial charge on any atom is -0.391 e. The Labute approximate surface area is 95.6 Å². The maximum Gasteiger partial charge on any atom is 0.0965 e. The number of aliphatic hydroxyl groups is 1. The predicted octanol–water partition coefficient (Wildman–Crippen LogP) is -0.0441. The van der Waals surface area contributed by atoms with Crippen molar-refractivity contribution in [2.45, 2.75) is 32.5 Å². The number of nitrogens with one attached hydrogen (secondary N) is 1. The monoisotopic (exact) mass is 228 g/mol. The van der Waals surface area contributed by atoms with Crippen LogP contribution in [0.5, 0.6) is 0 Å². The molecule has 0 fully saturated rings. The molecule has 16 heavy (non-hydrogen) atoms. The highest BCUT2D eigenvalue weighted by Gasteiger charge is 2.12. The van der Waals surface area contributed by atoms with Crippen LogP contribution >= 0.6 is 0 Å². The molecule has 1 rings (SSSR count). The lowest BCUT2D eigenvalue weighted by molar-refractivity contribution is 0.131. The number of aliphatic hydroxyl groups excluding tert-OH is 1. The number of nitrogens with zero attached hydrogens (tertiary/aromatic N) is 3. The highest BCUT2D eigenvalue weighted by molar-refractivity contribution is 4.93. The quantitative estimate of drug-likeness (QED) is 0.640. The van der Waals surface area contributed by atoms with E-state index < -0.39 is 6.10 Å². The Bertz CT molecular complexity index is 301. The minimum absolute atomic E-state index is 0.0553. The molecule has 1 heterocycles. The maximum atomic E-state index is 9.41. The lowest BCUT2D eigenvalue weighted by atomic mass is 10.2. The lowest BCUT2D eigenvalue weighted by Crippen LogP contribution is -2.19. The zero-order chi connectivity index (χ0) is 12.0. The third-order valence-corrected chi connectivity index (χ3v) is 2.46. The number of hydrogen-bond donors (Lipinski definition) is 2. The number of methoxy groups -OCH3 is 1. The molecular weight excluding hydrogens is 208 g/mol. The van der Waals surface area contributed by atoms with Gasteiger partial charge in [0.05, 0.1) is 30.6 Å². The van der Waals surface area contributed by atoms with E-state index in [0.717, 1.165) is 12.2 Å². The summed E-state index contributed by atoms with van der Waals surface area (Å²) in [6, 6.07) is -0.0553. The van der Waals surface area contributed by atoms with Crippen molar-refractivity contribution in [3.63, 3.8) is 0 Å². The molecule has 2 N–H and O–H groups in total. The van der Waals surface area contributed by atoms with E-state index >= 15 is 0 Å². The smallest absolute Gasteiger partial charge is 0.0965 e. The summed E-state index contributed by atoms with van der Waals surface area (Å²) in [5.41, 5.74) is 0.864. The standard InChI is InChI=1S/C10H20N4O2/c1-8(9(2)15)14-7-10(12-13-14)6-11-4-5-16-3/h7-9,11,15H,4-6H2,1-3H3. The van der Waals surface area contributed by atoms with Crippen LogP contribution in [0.15, 0.2) is 6.20 Å². The van der Waals surface area contributed by atoms with E-state index in [1.807, 2.05) is 13.1 Å². The fraction of sp³-hybridized carbons (Fsp3) is 0.800. The van der Waals surface area contributed by atoms with Crippen LogP contribution in [0, 0.1) is 0 Å². The van der Waals surface area contributed by atoms with Gasteiger partial charge in [0.25, 0.3) is 0 Å². The van der Waals surface area contributed by atoms with Crippen LogP contribution in [0.1, 0.15) is 25.6 Å². The van der Waals surface area contributed by atoms with Gasteiger partial charge in [-0.3, -0.25) is 0 Å². The van der Waals surface area contributed by atoms with Crippen molar-refractivity contribution < 1.29 is 9.84 Å². The van der Waals surface area contributed by atoms with Crippen LogP contribution in [-0.4, -0.2) is 46.5 Å². The van der Waals surface area contributed by atoms with E-state index in [4.69, 9.17) is 4.74 Å². The molecule has 0 saturated carbocycles. The summed E-state index contributed by atoms with van der Waals surface area (Å²) in [4.78, 5) is 0. The van der Waals surface area contributed by atoms with Crippen molar-refractivity contribution in [1.29, 1.82) is 0 Å². The first kappa shape index (κ1) is 13.1. The first-order valence-electron chi connectivity index (χ1n) is 5.43. The Balaban J connectivity index is 2.39. The van der Waals surface area contributed by atoms with E-state index in [1.165, 1.54) is 0 Å². The second-order valence-electron chi connectivity index (χ2n) is 3.84. The zero-order valence-corrected chi connectivity index (χ0v) is 10.1. The zero-order valence-electron chi connectivity index (χ0n) is 10.1. The van der Waals surface area contributed by atoms with Gasteiger partial charge >= 0.3 is 0 Å². The fourth-order valence-corrected chi connectivity index (χ4v) is 1.21. The Hall–Kier alpha value is -0.980. The Morgan fingerprint density at radius 3 is 2.94 bits per heavy atom. The van der Waals surface area contributed by atoms with Gasteiger partial charge in [-0.1, -0.05) is 5.21 Å². The topological polar surface area (TPSA) is 72.2 Å². The van der Waals surface area contributed by atoms with Crippen LogP contribution in [0.4, 0.5) is 0 Å².